The molecule has 0 saturated carbocycles. The van der Waals surface area contributed by atoms with Crippen LogP contribution in [0.3, 0.4) is 0 Å². The molecule has 1 aliphatic rings. The number of nitrogens with zero attached hydrogens (tertiary/aromatic N) is 1. The molecule has 1 aliphatic heterocycles. The number of carbonyl (C=O) groups is 2. The lowest BCUT2D eigenvalue weighted by Gasteiger charge is -2.29. The summed E-state index contributed by atoms with van der Waals surface area (Å²) in [7, 11) is 0. The molecule has 6 nitrogen and oxygen atoms in total. The van der Waals surface area contributed by atoms with Crippen LogP contribution >= 0.6 is 11.6 Å². The Morgan fingerprint density at radius 3 is 2.71 bits per heavy atom. The van der Waals surface area contributed by atoms with Crippen molar-refractivity contribution in [2.45, 2.75) is 6.92 Å². The molecular weight excluding hydrogens is 416 g/mol. The second kappa shape index (κ2) is 9.10. The first-order chi connectivity index (χ1) is 15.0. The second-order valence-corrected chi connectivity index (χ2v) is 7.58. The first kappa shape index (κ1) is 20.8. The largest absolute Gasteiger partial charge is 0.492 e. The zero-order valence-electron chi connectivity index (χ0n) is 16.9. The molecule has 7 heteroatoms. The fourth-order valence-corrected chi connectivity index (χ4v) is 3.44. The molecule has 0 aliphatic carbocycles. The van der Waals surface area contributed by atoms with Crippen LogP contribution in [0.5, 0.6) is 11.5 Å². The normalized spacial score (nSPS) is 12.7. The number of hydrogen-bond acceptors (Lipinski definition) is 4. The monoisotopic (exact) mass is 436 g/mol. The predicted octanol–water partition coefficient (Wildman–Crippen LogP) is 4.71. The van der Waals surface area contributed by atoms with E-state index in [-0.39, 0.29) is 18.4 Å². The van der Waals surface area contributed by atoms with Crippen molar-refractivity contribution >= 4 is 34.8 Å². The van der Waals surface area contributed by atoms with E-state index < -0.39 is 0 Å². The molecule has 3 aromatic rings. The summed E-state index contributed by atoms with van der Waals surface area (Å²) in [5, 5.41) is 3.32. The van der Waals surface area contributed by atoms with Gasteiger partial charge in [0.2, 0.25) is 0 Å². The number of ether oxygens (including phenoxy) is 2. The lowest BCUT2D eigenvalue weighted by molar-refractivity contribution is -0.121. The number of aryl methyl sites for hydroxylation is 1. The first-order valence-electron chi connectivity index (χ1n) is 9.83. The van der Waals surface area contributed by atoms with Gasteiger partial charge in [-0.05, 0) is 55.5 Å². The van der Waals surface area contributed by atoms with Gasteiger partial charge in [0.25, 0.3) is 11.8 Å². The maximum absolute atomic E-state index is 12.5. The molecule has 0 radical (unpaired) electrons. The molecule has 0 saturated heterocycles. The smallest absolute Gasteiger partial charge is 0.265 e. The van der Waals surface area contributed by atoms with Gasteiger partial charge in [0.05, 0.1) is 12.2 Å². The fraction of sp³-hybridized carbons (Fsp3) is 0.167. The standard InChI is InChI=1S/C24H21ClN2O4/c1-16-5-8-20(9-6-16)30-12-11-27-21-14-19(7-10-22(21)31-15-23(27)28)26-24(29)17-3-2-4-18(25)13-17/h2-10,13-14H,11-12,15H2,1H3,(H,26,29). The van der Waals surface area contributed by atoms with Crippen molar-refractivity contribution in [3.8, 4) is 11.5 Å². The second-order valence-electron chi connectivity index (χ2n) is 7.14. The van der Waals surface area contributed by atoms with Gasteiger partial charge in [-0.15, -0.1) is 0 Å². The number of hydrogen-bond donors (Lipinski definition) is 1. The van der Waals surface area contributed by atoms with Gasteiger partial charge in [-0.1, -0.05) is 35.4 Å². The van der Waals surface area contributed by atoms with Gasteiger partial charge in [0, 0.05) is 16.3 Å². The highest BCUT2D eigenvalue weighted by Gasteiger charge is 2.26. The maximum Gasteiger partial charge on any atom is 0.265 e. The molecule has 1 N–H and O–H groups in total. The summed E-state index contributed by atoms with van der Waals surface area (Å²) in [6.45, 7) is 2.66. The van der Waals surface area contributed by atoms with Crippen molar-refractivity contribution in [3.63, 3.8) is 0 Å². The minimum atomic E-state index is -0.292. The summed E-state index contributed by atoms with van der Waals surface area (Å²) in [4.78, 5) is 26.6. The van der Waals surface area contributed by atoms with E-state index in [2.05, 4.69) is 5.32 Å². The summed E-state index contributed by atoms with van der Waals surface area (Å²) in [6, 6.07) is 19.6. The Morgan fingerprint density at radius 1 is 1.13 bits per heavy atom. The topological polar surface area (TPSA) is 67.9 Å². The Labute approximate surface area is 185 Å². The van der Waals surface area contributed by atoms with E-state index in [1.807, 2.05) is 31.2 Å². The van der Waals surface area contributed by atoms with Crippen LogP contribution in [0.2, 0.25) is 5.02 Å². The minimum absolute atomic E-state index is 0.0360. The van der Waals surface area contributed by atoms with E-state index in [4.69, 9.17) is 21.1 Å². The van der Waals surface area contributed by atoms with Crippen molar-refractivity contribution in [1.29, 1.82) is 0 Å². The predicted molar refractivity (Wildman–Crippen MR) is 120 cm³/mol. The highest BCUT2D eigenvalue weighted by molar-refractivity contribution is 6.31. The molecule has 0 bridgehead atoms. The van der Waals surface area contributed by atoms with Gasteiger partial charge in [0.1, 0.15) is 18.1 Å². The lowest BCUT2D eigenvalue weighted by atomic mass is 10.1. The number of rotatable bonds is 6. The van der Waals surface area contributed by atoms with Gasteiger partial charge in [0.15, 0.2) is 6.61 Å². The van der Waals surface area contributed by atoms with Crippen LogP contribution in [0.25, 0.3) is 0 Å². The number of amides is 2. The third-order valence-corrected chi connectivity index (χ3v) is 5.09. The zero-order chi connectivity index (χ0) is 21.8. The maximum atomic E-state index is 12.5. The molecule has 0 spiro atoms. The SMILES string of the molecule is Cc1ccc(OCCN2C(=O)COc3ccc(NC(=O)c4cccc(Cl)c4)cc32)cc1. The van der Waals surface area contributed by atoms with Crippen molar-refractivity contribution < 1.29 is 19.1 Å². The Bertz CT molecular complexity index is 1110. The highest BCUT2D eigenvalue weighted by Crippen LogP contribution is 2.34. The molecule has 0 unspecified atom stereocenters. The lowest BCUT2D eigenvalue weighted by Crippen LogP contribution is -2.41. The molecule has 0 aromatic heterocycles. The first-order valence-corrected chi connectivity index (χ1v) is 10.2. The molecular formula is C24H21ClN2O4. The van der Waals surface area contributed by atoms with Gasteiger partial charge in [-0.2, -0.15) is 0 Å². The summed E-state index contributed by atoms with van der Waals surface area (Å²) in [6.07, 6.45) is 0. The third-order valence-electron chi connectivity index (χ3n) is 4.85. The Morgan fingerprint density at radius 2 is 1.94 bits per heavy atom. The van der Waals surface area contributed by atoms with E-state index in [9.17, 15) is 9.59 Å². The van der Waals surface area contributed by atoms with E-state index in [0.717, 1.165) is 11.3 Å². The van der Waals surface area contributed by atoms with Crippen LogP contribution in [-0.2, 0) is 4.79 Å². The fourth-order valence-electron chi connectivity index (χ4n) is 3.25. The summed E-state index contributed by atoms with van der Waals surface area (Å²) in [5.41, 5.74) is 2.73. The van der Waals surface area contributed by atoms with Crippen molar-refractivity contribution in [1.82, 2.24) is 0 Å². The molecule has 2 amide bonds. The molecule has 3 aromatic carbocycles. The summed E-state index contributed by atoms with van der Waals surface area (Å²) in [5.74, 6) is 0.864. The Balaban J connectivity index is 1.47. The average molecular weight is 437 g/mol. The quantitative estimate of drug-likeness (QED) is 0.608. The molecule has 1 heterocycles. The molecule has 31 heavy (non-hydrogen) atoms. The number of benzene rings is 3. The van der Waals surface area contributed by atoms with Crippen LogP contribution in [0.4, 0.5) is 11.4 Å². The van der Waals surface area contributed by atoms with Crippen molar-refractivity contribution in [2.75, 3.05) is 30.0 Å². The van der Waals surface area contributed by atoms with Crippen molar-refractivity contribution in [2.24, 2.45) is 0 Å². The van der Waals surface area contributed by atoms with Crippen molar-refractivity contribution in [3.05, 3.63) is 82.9 Å². The van der Waals surface area contributed by atoms with Crippen LogP contribution in [0.15, 0.2) is 66.7 Å². The average Bonchev–Trinajstić information content (AvgIpc) is 2.76. The highest BCUT2D eigenvalue weighted by atomic mass is 35.5. The zero-order valence-corrected chi connectivity index (χ0v) is 17.7. The molecule has 0 atom stereocenters. The van der Waals surface area contributed by atoms with Gasteiger partial charge in [-0.25, -0.2) is 0 Å². The van der Waals surface area contributed by atoms with Gasteiger partial charge < -0.3 is 19.7 Å². The van der Waals surface area contributed by atoms with E-state index in [0.29, 0.717) is 40.9 Å². The van der Waals surface area contributed by atoms with Crippen LogP contribution in [-0.4, -0.2) is 31.6 Å². The Kier molecular flexibility index (Phi) is 6.09. The van der Waals surface area contributed by atoms with Crippen LogP contribution in [0.1, 0.15) is 15.9 Å². The molecule has 0 fully saturated rings. The number of nitrogens with one attached hydrogen (secondary N) is 1. The number of fused-ring (bicyclic) bond motifs is 1. The summed E-state index contributed by atoms with van der Waals surface area (Å²) >= 11 is 5.97. The molecule has 4 rings (SSSR count). The Hall–Kier alpha value is -3.51. The minimum Gasteiger partial charge on any atom is -0.492 e. The summed E-state index contributed by atoms with van der Waals surface area (Å²) < 4.78 is 11.3. The molecule has 158 valence electrons. The van der Waals surface area contributed by atoms with E-state index >= 15 is 0 Å². The van der Waals surface area contributed by atoms with E-state index in [1.54, 1.807) is 47.4 Å². The number of anilines is 2. The van der Waals surface area contributed by atoms with E-state index in [1.165, 1.54) is 0 Å². The number of carbonyl (C=O) groups excluding carboxylic acids is 2. The van der Waals surface area contributed by atoms with Crippen LogP contribution in [0, 0.1) is 6.92 Å². The van der Waals surface area contributed by atoms with Crippen LogP contribution < -0.4 is 19.7 Å². The third kappa shape index (κ3) is 4.98. The number of halogens is 1. The van der Waals surface area contributed by atoms with Gasteiger partial charge >= 0.3 is 0 Å². The van der Waals surface area contributed by atoms with Gasteiger partial charge in [-0.3, -0.25) is 9.59 Å².